The van der Waals surface area contributed by atoms with Crippen molar-refractivity contribution in [1.82, 2.24) is 14.7 Å². The van der Waals surface area contributed by atoms with E-state index in [-0.39, 0.29) is 11.4 Å². The number of ether oxygens (including phenoxy) is 1. The summed E-state index contributed by atoms with van der Waals surface area (Å²) in [5, 5.41) is 7.13. The van der Waals surface area contributed by atoms with E-state index in [0.717, 1.165) is 74.5 Å². The monoisotopic (exact) mass is 609 g/mol. The highest BCUT2D eigenvalue weighted by Crippen LogP contribution is 2.33. The van der Waals surface area contributed by atoms with Gasteiger partial charge in [0.25, 0.3) is 5.91 Å². The number of amides is 1. The van der Waals surface area contributed by atoms with Crippen molar-refractivity contribution < 1.29 is 28.2 Å². The average molecular weight is 610 g/mol. The van der Waals surface area contributed by atoms with Gasteiger partial charge >= 0.3 is 6.18 Å². The molecule has 8 nitrogen and oxygen atoms in total. The molecule has 0 bridgehead atoms. The predicted molar refractivity (Wildman–Crippen MR) is 147 cm³/mol. The number of carbonyl (C=O) groups excluding carboxylic acids is 1. The first-order valence-corrected chi connectivity index (χ1v) is 13.4. The number of benzene rings is 2. The standard InChI is InChI=1S/C27H29BrF3N5O2.H2O/c1-18-23(17-32-36(18)22-5-2-19(3-6-22)27(29,30)31)26(37)33-20-4-7-25(24(28)16-20)35-10-8-21(9-11-35)34-12-14-38-15-13-34;/h2-7,16-17,21H,8-15H2,1H3,(H,33,37);1H2. The van der Waals surface area contributed by atoms with Crippen molar-refractivity contribution in [3.63, 3.8) is 0 Å². The minimum absolute atomic E-state index is 0. The first-order valence-electron chi connectivity index (χ1n) is 12.6. The Labute approximate surface area is 233 Å². The number of nitrogens with one attached hydrogen (secondary N) is 1. The third-order valence-electron chi connectivity index (χ3n) is 7.27. The third-order valence-corrected chi connectivity index (χ3v) is 7.90. The number of alkyl halides is 3. The Bertz CT molecular complexity index is 1280. The molecule has 2 saturated heterocycles. The molecule has 1 amide bonds. The Morgan fingerprint density at radius 1 is 1.05 bits per heavy atom. The van der Waals surface area contributed by atoms with Crippen LogP contribution >= 0.6 is 15.9 Å². The van der Waals surface area contributed by atoms with Crippen molar-refractivity contribution >= 4 is 33.2 Å². The zero-order valence-electron chi connectivity index (χ0n) is 21.5. The van der Waals surface area contributed by atoms with Crippen LogP contribution in [0, 0.1) is 6.92 Å². The maximum Gasteiger partial charge on any atom is 0.416 e. The van der Waals surface area contributed by atoms with Crippen LogP contribution in [-0.4, -0.2) is 71.5 Å². The van der Waals surface area contributed by atoms with E-state index in [0.29, 0.717) is 28.7 Å². The highest BCUT2D eigenvalue weighted by Gasteiger charge is 2.30. The predicted octanol–water partition coefficient (Wildman–Crippen LogP) is 4.69. The van der Waals surface area contributed by atoms with Crippen molar-refractivity contribution in [2.24, 2.45) is 0 Å². The van der Waals surface area contributed by atoms with Gasteiger partial charge in [0.05, 0.1) is 47.6 Å². The number of halogens is 4. The zero-order valence-corrected chi connectivity index (χ0v) is 23.1. The molecular formula is C27H31BrF3N5O3. The molecule has 3 heterocycles. The van der Waals surface area contributed by atoms with E-state index >= 15 is 0 Å². The molecule has 3 N–H and O–H groups in total. The van der Waals surface area contributed by atoms with Gasteiger partial charge in [-0.3, -0.25) is 9.69 Å². The van der Waals surface area contributed by atoms with Crippen molar-refractivity contribution in [2.45, 2.75) is 32.0 Å². The lowest BCUT2D eigenvalue weighted by atomic mass is 10.0. The van der Waals surface area contributed by atoms with Crippen LogP contribution in [0.1, 0.15) is 34.5 Å². The molecule has 210 valence electrons. The van der Waals surface area contributed by atoms with E-state index in [2.05, 4.69) is 36.1 Å². The van der Waals surface area contributed by atoms with E-state index in [4.69, 9.17) is 4.74 Å². The Morgan fingerprint density at radius 3 is 2.33 bits per heavy atom. The summed E-state index contributed by atoms with van der Waals surface area (Å²) in [5.74, 6) is -0.341. The zero-order chi connectivity index (χ0) is 26.9. The van der Waals surface area contributed by atoms with Crippen LogP contribution in [0.2, 0.25) is 0 Å². The van der Waals surface area contributed by atoms with Gasteiger partial charge in [-0.1, -0.05) is 0 Å². The lowest BCUT2D eigenvalue weighted by Gasteiger charge is -2.41. The fourth-order valence-corrected chi connectivity index (χ4v) is 5.77. The van der Waals surface area contributed by atoms with Crippen molar-refractivity contribution in [2.75, 3.05) is 49.6 Å². The number of carbonyl (C=O) groups is 1. The second-order valence-corrected chi connectivity index (χ2v) is 10.4. The van der Waals surface area contributed by atoms with E-state index in [1.807, 2.05) is 18.2 Å². The summed E-state index contributed by atoms with van der Waals surface area (Å²) in [6.07, 6.45) is -0.781. The van der Waals surface area contributed by atoms with Gasteiger partial charge in [-0.05, 0) is 78.2 Å². The lowest BCUT2D eigenvalue weighted by Crippen LogP contribution is -2.49. The van der Waals surface area contributed by atoms with Gasteiger partial charge in [-0.25, -0.2) is 4.68 Å². The average Bonchev–Trinajstić information content (AvgIpc) is 3.30. The van der Waals surface area contributed by atoms with E-state index in [1.165, 1.54) is 23.0 Å². The smallest absolute Gasteiger partial charge is 0.412 e. The number of nitrogens with zero attached hydrogens (tertiary/aromatic N) is 4. The van der Waals surface area contributed by atoms with Gasteiger partial charge in [-0.2, -0.15) is 18.3 Å². The fourth-order valence-electron chi connectivity index (χ4n) is 5.14. The Kier molecular flexibility index (Phi) is 9.00. The quantitative estimate of drug-likeness (QED) is 0.453. The number of hydrogen-bond donors (Lipinski definition) is 1. The molecule has 0 atom stereocenters. The first kappa shape index (κ1) is 29.1. The molecule has 0 unspecified atom stereocenters. The van der Waals surface area contributed by atoms with Crippen molar-refractivity contribution in [1.29, 1.82) is 0 Å². The van der Waals surface area contributed by atoms with Gasteiger partial charge in [0.15, 0.2) is 0 Å². The maximum atomic E-state index is 13.0. The topological polar surface area (TPSA) is 94.1 Å². The summed E-state index contributed by atoms with van der Waals surface area (Å²) in [6, 6.07) is 11.0. The number of piperidine rings is 1. The van der Waals surface area contributed by atoms with Crippen LogP contribution in [0.4, 0.5) is 24.5 Å². The summed E-state index contributed by atoms with van der Waals surface area (Å²) < 4.78 is 46.5. The summed E-state index contributed by atoms with van der Waals surface area (Å²) in [5.41, 5.74) is 2.31. The van der Waals surface area contributed by atoms with Gasteiger partial charge < -0.3 is 20.4 Å². The normalized spacial score (nSPS) is 17.1. The molecule has 0 radical (unpaired) electrons. The fraction of sp³-hybridized carbons (Fsp3) is 0.407. The second-order valence-electron chi connectivity index (χ2n) is 9.59. The highest BCUT2D eigenvalue weighted by atomic mass is 79.9. The Morgan fingerprint density at radius 2 is 1.72 bits per heavy atom. The SMILES string of the molecule is Cc1c(C(=O)Nc2ccc(N3CCC(N4CCOCC4)CC3)c(Br)c2)cnn1-c1ccc(C(F)(F)F)cc1.O. The molecule has 39 heavy (non-hydrogen) atoms. The van der Waals surface area contributed by atoms with E-state index in [1.54, 1.807) is 6.92 Å². The second kappa shape index (κ2) is 12.1. The molecule has 1 aromatic heterocycles. The van der Waals surface area contributed by atoms with Crippen LogP contribution < -0.4 is 10.2 Å². The number of morpholine rings is 1. The third kappa shape index (κ3) is 6.46. The molecule has 3 aromatic rings. The molecular weight excluding hydrogens is 579 g/mol. The summed E-state index contributed by atoms with van der Waals surface area (Å²) in [4.78, 5) is 17.9. The van der Waals surface area contributed by atoms with Gasteiger partial charge in [0.1, 0.15) is 0 Å². The van der Waals surface area contributed by atoms with E-state index in [9.17, 15) is 18.0 Å². The lowest BCUT2D eigenvalue weighted by molar-refractivity contribution is -0.137. The Balaban J connectivity index is 0.00000353. The molecule has 5 rings (SSSR count). The van der Waals surface area contributed by atoms with Crippen LogP contribution in [0.25, 0.3) is 5.69 Å². The molecule has 0 spiro atoms. The van der Waals surface area contributed by atoms with Gasteiger partial charge in [0.2, 0.25) is 0 Å². The molecule has 0 aliphatic carbocycles. The molecule has 2 aliphatic rings. The number of aromatic nitrogens is 2. The molecule has 2 aromatic carbocycles. The van der Waals surface area contributed by atoms with Gasteiger partial charge in [0, 0.05) is 42.4 Å². The first-order chi connectivity index (χ1) is 18.2. The minimum Gasteiger partial charge on any atom is -0.412 e. The largest absolute Gasteiger partial charge is 0.416 e. The molecule has 2 fully saturated rings. The summed E-state index contributed by atoms with van der Waals surface area (Å²) >= 11 is 3.67. The van der Waals surface area contributed by atoms with Crippen LogP contribution in [0.5, 0.6) is 0 Å². The van der Waals surface area contributed by atoms with Crippen molar-refractivity contribution in [3.05, 3.63) is 70.0 Å². The molecule has 12 heteroatoms. The minimum atomic E-state index is -4.41. The highest BCUT2D eigenvalue weighted by molar-refractivity contribution is 9.10. The van der Waals surface area contributed by atoms with Crippen LogP contribution in [0.15, 0.2) is 53.1 Å². The number of hydrogen-bond acceptors (Lipinski definition) is 5. The summed E-state index contributed by atoms with van der Waals surface area (Å²) in [7, 11) is 0. The maximum absolute atomic E-state index is 13.0. The Hall–Kier alpha value is -2.93. The van der Waals surface area contributed by atoms with Gasteiger partial charge in [-0.15, -0.1) is 0 Å². The van der Waals surface area contributed by atoms with Crippen LogP contribution in [0.3, 0.4) is 0 Å². The molecule has 0 saturated carbocycles. The van der Waals surface area contributed by atoms with E-state index < -0.39 is 11.7 Å². The number of anilines is 2. The summed E-state index contributed by atoms with van der Waals surface area (Å²) in [6.45, 7) is 7.28. The van der Waals surface area contributed by atoms with Crippen molar-refractivity contribution in [3.8, 4) is 5.69 Å². The van der Waals surface area contributed by atoms with Crippen LogP contribution in [-0.2, 0) is 10.9 Å². The molecule has 2 aliphatic heterocycles. The number of rotatable bonds is 5.